The SMILES string of the molecule is Nc1cc2cc(C[C@H](N)C(=O)O)ccc2o1. The number of hydrogen-bond donors (Lipinski definition) is 3. The smallest absolute Gasteiger partial charge is 0.320 e. The van der Waals surface area contributed by atoms with Crippen molar-refractivity contribution in [3.63, 3.8) is 0 Å². The van der Waals surface area contributed by atoms with Gasteiger partial charge in [0.1, 0.15) is 11.6 Å². The van der Waals surface area contributed by atoms with Crippen molar-refractivity contribution in [1.82, 2.24) is 0 Å². The lowest BCUT2D eigenvalue weighted by Crippen LogP contribution is -2.32. The van der Waals surface area contributed by atoms with E-state index in [1.807, 2.05) is 6.07 Å². The van der Waals surface area contributed by atoms with Crippen molar-refractivity contribution in [3.05, 3.63) is 29.8 Å². The topological polar surface area (TPSA) is 102 Å². The summed E-state index contributed by atoms with van der Waals surface area (Å²) in [7, 11) is 0. The molecule has 16 heavy (non-hydrogen) atoms. The highest BCUT2D eigenvalue weighted by Crippen LogP contribution is 2.22. The molecule has 5 heteroatoms. The van der Waals surface area contributed by atoms with Crippen molar-refractivity contribution in [3.8, 4) is 0 Å². The number of fused-ring (bicyclic) bond motifs is 1. The van der Waals surface area contributed by atoms with Gasteiger partial charge in [0, 0.05) is 11.5 Å². The van der Waals surface area contributed by atoms with Gasteiger partial charge in [0.2, 0.25) is 0 Å². The van der Waals surface area contributed by atoms with Gasteiger partial charge in [-0.2, -0.15) is 0 Å². The Morgan fingerprint density at radius 2 is 2.19 bits per heavy atom. The molecule has 0 amide bonds. The molecule has 1 aromatic carbocycles. The highest BCUT2D eigenvalue weighted by atomic mass is 16.4. The van der Waals surface area contributed by atoms with Crippen molar-refractivity contribution in [2.75, 3.05) is 5.73 Å². The molecule has 0 aliphatic carbocycles. The molecule has 2 aromatic rings. The maximum absolute atomic E-state index is 10.6. The number of benzene rings is 1. The van der Waals surface area contributed by atoms with Crippen LogP contribution in [0.1, 0.15) is 5.56 Å². The van der Waals surface area contributed by atoms with Gasteiger partial charge >= 0.3 is 5.97 Å². The Kier molecular flexibility index (Phi) is 2.54. The Morgan fingerprint density at radius 1 is 1.44 bits per heavy atom. The molecule has 0 bridgehead atoms. The summed E-state index contributed by atoms with van der Waals surface area (Å²) >= 11 is 0. The first kappa shape index (κ1) is 10.5. The van der Waals surface area contributed by atoms with E-state index in [4.69, 9.17) is 21.0 Å². The van der Waals surface area contributed by atoms with Crippen LogP contribution >= 0.6 is 0 Å². The van der Waals surface area contributed by atoms with Crippen LogP contribution < -0.4 is 11.5 Å². The number of carboxylic acid groups (broad SMARTS) is 1. The summed E-state index contributed by atoms with van der Waals surface area (Å²) < 4.78 is 5.21. The highest BCUT2D eigenvalue weighted by molar-refractivity contribution is 5.81. The molecule has 0 saturated carbocycles. The third-order valence-electron chi connectivity index (χ3n) is 2.37. The van der Waals surface area contributed by atoms with Crippen LogP contribution in [0.25, 0.3) is 11.0 Å². The predicted molar refractivity (Wildman–Crippen MR) is 59.9 cm³/mol. The molecular formula is C11H12N2O3. The average molecular weight is 220 g/mol. The van der Waals surface area contributed by atoms with Crippen LogP contribution in [0.2, 0.25) is 0 Å². The Hall–Kier alpha value is -2.01. The lowest BCUT2D eigenvalue weighted by atomic mass is 10.1. The molecule has 5 N–H and O–H groups in total. The lowest BCUT2D eigenvalue weighted by Gasteiger charge is -2.05. The molecule has 0 radical (unpaired) electrons. The molecule has 1 aromatic heterocycles. The molecule has 0 saturated heterocycles. The second-order valence-corrected chi connectivity index (χ2v) is 3.67. The van der Waals surface area contributed by atoms with E-state index in [1.54, 1.807) is 18.2 Å². The van der Waals surface area contributed by atoms with E-state index in [0.717, 1.165) is 10.9 Å². The second-order valence-electron chi connectivity index (χ2n) is 3.67. The number of hydrogen-bond acceptors (Lipinski definition) is 4. The minimum atomic E-state index is -1.01. The van der Waals surface area contributed by atoms with Gasteiger partial charge in [-0.05, 0) is 24.1 Å². The van der Waals surface area contributed by atoms with Gasteiger partial charge in [-0.1, -0.05) is 6.07 Å². The van der Waals surface area contributed by atoms with E-state index in [2.05, 4.69) is 0 Å². The van der Waals surface area contributed by atoms with Crippen LogP contribution in [0.5, 0.6) is 0 Å². The summed E-state index contributed by atoms with van der Waals surface area (Å²) in [6.45, 7) is 0. The summed E-state index contributed by atoms with van der Waals surface area (Å²) in [6, 6.07) is 6.19. The van der Waals surface area contributed by atoms with E-state index in [-0.39, 0.29) is 6.42 Å². The number of carbonyl (C=O) groups is 1. The molecule has 5 nitrogen and oxygen atoms in total. The molecule has 0 fully saturated rings. The number of furan rings is 1. The Morgan fingerprint density at radius 3 is 2.88 bits per heavy atom. The molecule has 0 aliphatic heterocycles. The molecular weight excluding hydrogens is 208 g/mol. The molecule has 84 valence electrons. The van der Waals surface area contributed by atoms with E-state index < -0.39 is 12.0 Å². The van der Waals surface area contributed by atoms with Crippen molar-refractivity contribution in [1.29, 1.82) is 0 Å². The minimum absolute atomic E-state index is 0.288. The van der Waals surface area contributed by atoms with Crippen LogP contribution in [-0.4, -0.2) is 17.1 Å². The van der Waals surface area contributed by atoms with Crippen molar-refractivity contribution in [2.45, 2.75) is 12.5 Å². The zero-order valence-electron chi connectivity index (χ0n) is 8.51. The van der Waals surface area contributed by atoms with E-state index in [0.29, 0.717) is 11.5 Å². The fourth-order valence-corrected chi connectivity index (χ4v) is 1.58. The van der Waals surface area contributed by atoms with Gasteiger partial charge < -0.3 is 21.0 Å². The van der Waals surface area contributed by atoms with Crippen LogP contribution in [0.4, 0.5) is 5.88 Å². The third kappa shape index (κ3) is 1.99. The molecule has 0 aliphatic rings. The molecule has 2 rings (SSSR count). The molecule has 0 spiro atoms. The standard InChI is InChI=1S/C11H12N2O3/c12-8(11(14)15)4-6-1-2-9-7(3-6)5-10(13)16-9/h1-3,5,8H,4,12-13H2,(H,14,15)/t8-/m0/s1. The number of nitrogens with two attached hydrogens (primary N) is 2. The molecule has 1 heterocycles. The summed E-state index contributed by atoms with van der Waals surface area (Å²) in [5.74, 6) is -0.665. The predicted octanol–water partition coefficient (Wildman–Crippen LogP) is 0.969. The summed E-state index contributed by atoms with van der Waals surface area (Å²) in [4.78, 5) is 10.6. The van der Waals surface area contributed by atoms with Crippen LogP contribution in [-0.2, 0) is 11.2 Å². The zero-order chi connectivity index (χ0) is 11.7. The van der Waals surface area contributed by atoms with Crippen molar-refractivity contribution < 1.29 is 14.3 Å². The third-order valence-corrected chi connectivity index (χ3v) is 2.37. The van der Waals surface area contributed by atoms with Gasteiger partial charge in [0.15, 0.2) is 5.88 Å². The van der Waals surface area contributed by atoms with Crippen LogP contribution in [0, 0.1) is 0 Å². The maximum atomic E-state index is 10.6. The number of rotatable bonds is 3. The summed E-state index contributed by atoms with van der Waals surface area (Å²) in [6.07, 6.45) is 0.288. The van der Waals surface area contributed by atoms with E-state index >= 15 is 0 Å². The fourth-order valence-electron chi connectivity index (χ4n) is 1.58. The number of aliphatic carboxylic acids is 1. The van der Waals surface area contributed by atoms with Gasteiger partial charge in [-0.3, -0.25) is 4.79 Å². The summed E-state index contributed by atoms with van der Waals surface area (Å²) in [5, 5.41) is 9.55. The van der Waals surface area contributed by atoms with E-state index in [1.165, 1.54) is 0 Å². The molecule has 1 atom stereocenters. The van der Waals surface area contributed by atoms with Crippen molar-refractivity contribution >= 4 is 22.8 Å². The fraction of sp³-hybridized carbons (Fsp3) is 0.182. The van der Waals surface area contributed by atoms with Gasteiger partial charge in [-0.15, -0.1) is 0 Å². The first-order chi connectivity index (χ1) is 7.56. The largest absolute Gasteiger partial charge is 0.480 e. The minimum Gasteiger partial charge on any atom is -0.480 e. The van der Waals surface area contributed by atoms with Crippen LogP contribution in [0.3, 0.4) is 0 Å². The number of anilines is 1. The van der Waals surface area contributed by atoms with Gasteiger partial charge in [-0.25, -0.2) is 0 Å². The zero-order valence-corrected chi connectivity index (χ0v) is 8.51. The number of carboxylic acids is 1. The number of nitrogen functional groups attached to an aromatic ring is 1. The quantitative estimate of drug-likeness (QED) is 0.715. The van der Waals surface area contributed by atoms with Gasteiger partial charge in [0.05, 0.1) is 0 Å². The Balaban J connectivity index is 2.28. The first-order valence-corrected chi connectivity index (χ1v) is 4.82. The normalized spacial score (nSPS) is 12.8. The second kappa shape index (κ2) is 3.86. The molecule has 0 unspecified atom stereocenters. The van der Waals surface area contributed by atoms with Gasteiger partial charge in [0.25, 0.3) is 0 Å². The Labute approximate surface area is 91.6 Å². The lowest BCUT2D eigenvalue weighted by molar-refractivity contribution is -0.138. The monoisotopic (exact) mass is 220 g/mol. The first-order valence-electron chi connectivity index (χ1n) is 4.82. The average Bonchev–Trinajstić information content (AvgIpc) is 2.57. The summed E-state index contributed by atoms with van der Waals surface area (Å²) in [5.41, 5.74) is 12.5. The Bertz CT molecular complexity index is 533. The van der Waals surface area contributed by atoms with Crippen molar-refractivity contribution in [2.24, 2.45) is 5.73 Å². The maximum Gasteiger partial charge on any atom is 0.320 e. The highest BCUT2D eigenvalue weighted by Gasteiger charge is 2.12. The van der Waals surface area contributed by atoms with Crippen LogP contribution in [0.15, 0.2) is 28.7 Å². The van der Waals surface area contributed by atoms with E-state index in [9.17, 15) is 4.79 Å².